The summed E-state index contributed by atoms with van der Waals surface area (Å²) in [4.78, 5) is 8.56. The number of aromatic nitrogens is 2. The molecule has 5 heteroatoms. The summed E-state index contributed by atoms with van der Waals surface area (Å²) in [6, 6.07) is 11.5. The zero-order valence-corrected chi connectivity index (χ0v) is 12.3. The van der Waals surface area contributed by atoms with Crippen LogP contribution < -0.4 is 10.1 Å². The minimum absolute atomic E-state index is 0.395. The average Bonchev–Trinajstić information content (AvgIpc) is 2.50. The first-order valence-electron chi connectivity index (χ1n) is 6.58. The van der Waals surface area contributed by atoms with Crippen LogP contribution in [0.3, 0.4) is 0 Å². The van der Waals surface area contributed by atoms with Crippen LogP contribution in [0.25, 0.3) is 10.9 Å². The smallest absolute Gasteiger partial charge is 0.238 e. The first-order chi connectivity index (χ1) is 10.3. The largest absolute Gasteiger partial charge is 0.437 e. The van der Waals surface area contributed by atoms with Crippen molar-refractivity contribution in [1.29, 1.82) is 0 Å². The highest BCUT2D eigenvalue weighted by Crippen LogP contribution is 2.29. The predicted molar refractivity (Wildman–Crippen MR) is 83.8 cm³/mol. The highest BCUT2D eigenvalue weighted by molar-refractivity contribution is 6.31. The van der Waals surface area contributed by atoms with Crippen molar-refractivity contribution in [3.05, 3.63) is 59.4 Å². The summed E-state index contributed by atoms with van der Waals surface area (Å²) >= 11 is 6.20. The number of nitrogens with one attached hydrogen (secondary N) is 1. The van der Waals surface area contributed by atoms with Crippen molar-refractivity contribution in [1.82, 2.24) is 15.3 Å². The molecule has 3 rings (SSSR count). The van der Waals surface area contributed by atoms with Crippen molar-refractivity contribution < 1.29 is 4.74 Å². The molecule has 21 heavy (non-hydrogen) atoms. The third kappa shape index (κ3) is 3.12. The van der Waals surface area contributed by atoms with E-state index in [9.17, 15) is 0 Å². The first-order valence-corrected chi connectivity index (χ1v) is 6.96. The van der Waals surface area contributed by atoms with E-state index in [1.165, 1.54) is 0 Å². The number of fused-ring (bicyclic) bond motifs is 1. The molecule has 4 nitrogen and oxygen atoms in total. The summed E-state index contributed by atoms with van der Waals surface area (Å²) < 4.78 is 5.75. The summed E-state index contributed by atoms with van der Waals surface area (Å²) in [5.41, 5.74) is 1.88. The van der Waals surface area contributed by atoms with Crippen LogP contribution in [0.2, 0.25) is 5.02 Å². The van der Waals surface area contributed by atoms with Crippen LogP contribution in [-0.2, 0) is 6.54 Å². The molecule has 0 bridgehead atoms. The van der Waals surface area contributed by atoms with Crippen molar-refractivity contribution in [2.45, 2.75) is 6.54 Å². The van der Waals surface area contributed by atoms with Gasteiger partial charge in [0.15, 0.2) is 0 Å². The fourth-order valence-electron chi connectivity index (χ4n) is 2.06. The molecule has 3 aromatic rings. The van der Waals surface area contributed by atoms with Gasteiger partial charge < -0.3 is 10.1 Å². The molecule has 1 aromatic carbocycles. The molecule has 0 aliphatic carbocycles. The quantitative estimate of drug-likeness (QED) is 0.796. The van der Waals surface area contributed by atoms with Crippen LogP contribution in [0.5, 0.6) is 11.6 Å². The second kappa shape index (κ2) is 6.08. The van der Waals surface area contributed by atoms with Gasteiger partial charge in [-0.15, -0.1) is 0 Å². The van der Waals surface area contributed by atoms with Gasteiger partial charge in [0.25, 0.3) is 0 Å². The fraction of sp³-hybridized carbons (Fsp3) is 0.125. The molecule has 106 valence electrons. The Labute approximate surface area is 127 Å². The third-order valence-electron chi connectivity index (χ3n) is 3.04. The third-order valence-corrected chi connectivity index (χ3v) is 3.31. The topological polar surface area (TPSA) is 47.0 Å². The molecule has 0 amide bonds. The molecule has 0 aliphatic rings. The average molecular weight is 300 g/mol. The van der Waals surface area contributed by atoms with Crippen LogP contribution in [0.1, 0.15) is 5.56 Å². The monoisotopic (exact) mass is 299 g/mol. The Bertz CT molecular complexity index is 776. The van der Waals surface area contributed by atoms with E-state index in [4.69, 9.17) is 16.3 Å². The van der Waals surface area contributed by atoms with Gasteiger partial charge in [-0.2, -0.15) is 0 Å². The summed E-state index contributed by atoms with van der Waals surface area (Å²) in [5, 5.41) is 4.61. The molecule has 0 saturated carbocycles. The number of ether oxygens (including phenoxy) is 1. The van der Waals surface area contributed by atoms with Gasteiger partial charge in [-0.25, -0.2) is 4.98 Å². The van der Waals surface area contributed by atoms with Crippen LogP contribution in [0.4, 0.5) is 0 Å². The Morgan fingerprint density at radius 1 is 1.19 bits per heavy atom. The van der Waals surface area contributed by atoms with E-state index in [0.29, 0.717) is 23.2 Å². The maximum atomic E-state index is 6.20. The number of nitrogens with zero attached hydrogens (tertiary/aromatic N) is 2. The zero-order chi connectivity index (χ0) is 14.7. The minimum Gasteiger partial charge on any atom is -0.437 e. The van der Waals surface area contributed by atoms with Gasteiger partial charge in [0.05, 0.1) is 5.52 Å². The van der Waals surface area contributed by atoms with Crippen LogP contribution in [-0.4, -0.2) is 17.0 Å². The number of rotatable bonds is 4. The second-order valence-electron chi connectivity index (χ2n) is 4.62. The Morgan fingerprint density at radius 3 is 2.90 bits per heavy atom. The Hall–Kier alpha value is -2.17. The highest BCUT2D eigenvalue weighted by Gasteiger charge is 2.07. The lowest BCUT2D eigenvalue weighted by Gasteiger charge is -2.08. The molecule has 2 aromatic heterocycles. The van der Waals surface area contributed by atoms with Gasteiger partial charge in [-0.1, -0.05) is 17.7 Å². The maximum Gasteiger partial charge on any atom is 0.238 e. The Morgan fingerprint density at radius 2 is 2.10 bits per heavy atom. The van der Waals surface area contributed by atoms with Gasteiger partial charge in [-0.05, 0) is 36.9 Å². The maximum absolute atomic E-state index is 6.20. The van der Waals surface area contributed by atoms with E-state index in [1.54, 1.807) is 12.4 Å². The van der Waals surface area contributed by atoms with Gasteiger partial charge in [-0.3, -0.25) is 4.98 Å². The number of halogens is 1. The van der Waals surface area contributed by atoms with Gasteiger partial charge in [0.1, 0.15) is 10.8 Å². The Balaban J connectivity index is 1.87. The minimum atomic E-state index is 0.395. The normalized spacial score (nSPS) is 10.8. The zero-order valence-electron chi connectivity index (χ0n) is 11.5. The van der Waals surface area contributed by atoms with Gasteiger partial charge in [0, 0.05) is 30.4 Å². The summed E-state index contributed by atoms with van der Waals surface area (Å²) in [6.07, 6.45) is 3.50. The Kier molecular flexibility index (Phi) is 3.99. The molecule has 0 radical (unpaired) electrons. The van der Waals surface area contributed by atoms with Gasteiger partial charge in [0.2, 0.25) is 5.88 Å². The molecule has 0 fully saturated rings. The number of pyridine rings is 2. The van der Waals surface area contributed by atoms with E-state index in [0.717, 1.165) is 16.5 Å². The molecule has 0 saturated heterocycles. The number of hydrogen-bond donors (Lipinski definition) is 1. The lowest BCUT2D eigenvalue weighted by Crippen LogP contribution is -2.05. The fourth-order valence-corrected chi connectivity index (χ4v) is 2.29. The van der Waals surface area contributed by atoms with Gasteiger partial charge >= 0.3 is 0 Å². The molecule has 0 spiro atoms. The van der Waals surface area contributed by atoms with E-state index in [-0.39, 0.29) is 0 Å². The van der Waals surface area contributed by atoms with E-state index >= 15 is 0 Å². The van der Waals surface area contributed by atoms with E-state index in [1.807, 2.05) is 43.4 Å². The molecule has 0 atom stereocenters. The highest BCUT2D eigenvalue weighted by atomic mass is 35.5. The van der Waals surface area contributed by atoms with E-state index < -0.39 is 0 Å². The number of benzene rings is 1. The number of hydrogen-bond acceptors (Lipinski definition) is 4. The summed E-state index contributed by atoms with van der Waals surface area (Å²) in [5.74, 6) is 1.06. The van der Waals surface area contributed by atoms with Crippen molar-refractivity contribution >= 4 is 22.5 Å². The standard InChI is InChI=1S/C16H14ClN3O/c1-18-9-11-7-14(17)16(20-10-11)21-13-5-4-12-3-2-6-19-15(12)8-13/h2-8,10,18H,9H2,1H3. The molecular formula is C16H14ClN3O. The lowest BCUT2D eigenvalue weighted by atomic mass is 10.2. The van der Waals surface area contributed by atoms with Crippen LogP contribution >= 0.6 is 11.6 Å². The molecular weight excluding hydrogens is 286 g/mol. The van der Waals surface area contributed by atoms with Crippen LogP contribution in [0, 0.1) is 0 Å². The molecule has 0 unspecified atom stereocenters. The molecule has 1 N–H and O–H groups in total. The first kappa shape index (κ1) is 13.8. The van der Waals surface area contributed by atoms with Crippen molar-refractivity contribution in [3.8, 4) is 11.6 Å². The molecule has 2 heterocycles. The lowest BCUT2D eigenvalue weighted by molar-refractivity contribution is 0.463. The van der Waals surface area contributed by atoms with Crippen molar-refractivity contribution in [2.75, 3.05) is 7.05 Å². The van der Waals surface area contributed by atoms with Crippen molar-refractivity contribution in [3.63, 3.8) is 0 Å². The molecule has 0 aliphatic heterocycles. The summed E-state index contributed by atoms with van der Waals surface area (Å²) in [7, 11) is 1.88. The second-order valence-corrected chi connectivity index (χ2v) is 5.03. The SMILES string of the molecule is CNCc1cnc(Oc2ccc3cccnc3c2)c(Cl)c1. The van der Waals surface area contributed by atoms with E-state index in [2.05, 4.69) is 15.3 Å². The summed E-state index contributed by atoms with van der Waals surface area (Å²) in [6.45, 7) is 0.715. The predicted octanol–water partition coefficient (Wildman–Crippen LogP) is 3.79. The van der Waals surface area contributed by atoms with Crippen molar-refractivity contribution in [2.24, 2.45) is 0 Å². The van der Waals surface area contributed by atoms with Crippen LogP contribution in [0.15, 0.2) is 48.8 Å².